The Bertz CT molecular complexity index is 730. The smallest absolute Gasteiger partial charge is 0.339 e. The number of phenolic OH excluding ortho intramolecular Hbond substituents is 1. The molecule has 0 saturated heterocycles. The van der Waals surface area contributed by atoms with E-state index >= 15 is 0 Å². The number of carboxylic acids is 1. The summed E-state index contributed by atoms with van der Waals surface area (Å²) in [5.74, 6) is -1.53. The lowest BCUT2D eigenvalue weighted by Gasteiger charge is -2.33. The van der Waals surface area contributed by atoms with Crippen LogP contribution in [0.25, 0.3) is 0 Å². The van der Waals surface area contributed by atoms with E-state index in [0.29, 0.717) is 24.0 Å². The van der Waals surface area contributed by atoms with Crippen LogP contribution in [0.5, 0.6) is 11.5 Å². The maximum Gasteiger partial charge on any atom is 0.339 e. The Hall–Kier alpha value is -2.23. The number of allylic oxidation sites excluding steroid dienone is 3. The molecule has 1 aromatic carbocycles. The molecule has 26 heavy (non-hydrogen) atoms. The molecule has 0 aromatic heterocycles. The Labute approximate surface area is 155 Å². The lowest BCUT2D eigenvalue weighted by molar-refractivity contribution is 0.0692. The molecule has 0 radical (unpaired) electrons. The number of unbranched alkanes of at least 4 members (excludes halogenated alkanes) is 2. The van der Waals surface area contributed by atoms with Crippen LogP contribution in [0.3, 0.4) is 0 Å². The number of hydrogen-bond donors (Lipinski definition) is 3. The third-order valence-corrected chi connectivity index (χ3v) is 5.42. The fourth-order valence-electron chi connectivity index (χ4n) is 4.00. The van der Waals surface area contributed by atoms with Crippen LogP contribution in [-0.2, 0) is 6.42 Å². The van der Waals surface area contributed by atoms with Gasteiger partial charge in [-0.2, -0.15) is 0 Å². The number of carbonyl (C=O) groups is 1. The molecule has 0 amide bonds. The minimum Gasteiger partial charge on any atom is -0.508 e. The van der Waals surface area contributed by atoms with Crippen molar-refractivity contribution in [2.75, 3.05) is 0 Å². The summed E-state index contributed by atoms with van der Waals surface area (Å²) < 4.78 is 0. The number of aromatic hydroxyl groups is 2. The van der Waals surface area contributed by atoms with E-state index in [-0.39, 0.29) is 28.9 Å². The minimum atomic E-state index is -1.15. The van der Waals surface area contributed by atoms with Crippen LogP contribution in [0.4, 0.5) is 0 Å². The first-order valence-corrected chi connectivity index (χ1v) is 9.39. The molecular formula is C22H30O4. The van der Waals surface area contributed by atoms with Crippen molar-refractivity contribution >= 4 is 5.97 Å². The maximum absolute atomic E-state index is 11.8. The highest BCUT2D eigenvalue weighted by Crippen LogP contribution is 2.48. The van der Waals surface area contributed by atoms with Crippen molar-refractivity contribution in [3.63, 3.8) is 0 Å². The number of hydrogen-bond acceptors (Lipinski definition) is 3. The number of carboxylic acid groups (broad SMARTS) is 1. The van der Waals surface area contributed by atoms with Crippen LogP contribution in [0, 0.1) is 5.92 Å². The van der Waals surface area contributed by atoms with Crippen molar-refractivity contribution in [3.8, 4) is 11.5 Å². The van der Waals surface area contributed by atoms with E-state index in [0.717, 1.165) is 31.3 Å². The van der Waals surface area contributed by atoms with E-state index in [2.05, 4.69) is 19.6 Å². The molecule has 0 fully saturated rings. The van der Waals surface area contributed by atoms with Gasteiger partial charge in [-0.15, -0.1) is 0 Å². The van der Waals surface area contributed by atoms with Gasteiger partial charge in [0.05, 0.1) is 0 Å². The highest BCUT2D eigenvalue weighted by molar-refractivity contribution is 5.93. The Balaban J connectivity index is 2.55. The van der Waals surface area contributed by atoms with E-state index in [1.165, 1.54) is 11.6 Å². The summed E-state index contributed by atoms with van der Waals surface area (Å²) in [6.07, 6.45) is 6.97. The molecule has 2 atom stereocenters. The highest BCUT2D eigenvalue weighted by atomic mass is 16.4. The molecule has 1 aromatic rings. The van der Waals surface area contributed by atoms with Gasteiger partial charge in [0.2, 0.25) is 0 Å². The highest BCUT2D eigenvalue weighted by Gasteiger charge is 2.33. The summed E-state index contributed by atoms with van der Waals surface area (Å²) in [6, 6.07) is 1.54. The maximum atomic E-state index is 11.8. The first-order valence-electron chi connectivity index (χ1n) is 9.39. The van der Waals surface area contributed by atoms with E-state index in [4.69, 9.17) is 0 Å². The molecule has 0 saturated carbocycles. The standard InChI is InChI=1S/C22H30O4/c1-5-6-7-8-15-12-18(23)20(21(24)19(15)22(25)26)17-11-14(4)9-10-16(17)13(2)3/h9,12,16-17,23-24H,2,5-8,10-11H2,1,3-4H3,(H,25,26). The van der Waals surface area contributed by atoms with Crippen molar-refractivity contribution < 1.29 is 20.1 Å². The van der Waals surface area contributed by atoms with E-state index < -0.39 is 5.97 Å². The molecule has 0 bridgehead atoms. The second-order valence-electron chi connectivity index (χ2n) is 7.50. The Morgan fingerprint density at radius 3 is 2.58 bits per heavy atom. The summed E-state index contributed by atoms with van der Waals surface area (Å²) in [7, 11) is 0. The van der Waals surface area contributed by atoms with Crippen molar-refractivity contribution in [2.24, 2.45) is 5.92 Å². The fraction of sp³-hybridized carbons (Fsp3) is 0.500. The topological polar surface area (TPSA) is 77.8 Å². The number of rotatable bonds is 7. The molecule has 3 N–H and O–H groups in total. The molecule has 4 nitrogen and oxygen atoms in total. The van der Waals surface area contributed by atoms with Crippen molar-refractivity contribution in [1.82, 2.24) is 0 Å². The summed E-state index contributed by atoms with van der Waals surface area (Å²) in [6.45, 7) is 10.1. The van der Waals surface area contributed by atoms with Crippen molar-refractivity contribution in [1.29, 1.82) is 0 Å². The molecule has 2 unspecified atom stereocenters. The van der Waals surface area contributed by atoms with Crippen LogP contribution >= 0.6 is 0 Å². The SMILES string of the molecule is C=C(C)C1CC=C(C)CC1c1c(O)cc(CCCCC)c(C(=O)O)c1O. The Morgan fingerprint density at radius 2 is 2.00 bits per heavy atom. The van der Waals surface area contributed by atoms with Gasteiger partial charge >= 0.3 is 5.97 Å². The number of aryl methyl sites for hydroxylation is 1. The van der Waals surface area contributed by atoms with Crippen LogP contribution in [0.1, 0.15) is 80.3 Å². The third-order valence-electron chi connectivity index (χ3n) is 5.42. The number of phenols is 2. The second-order valence-corrected chi connectivity index (χ2v) is 7.50. The molecule has 0 aliphatic heterocycles. The average molecular weight is 358 g/mol. The second kappa shape index (κ2) is 8.43. The molecule has 2 rings (SSSR count). The molecule has 4 heteroatoms. The summed E-state index contributed by atoms with van der Waals surface area (Å²) in [5, 5.41) is 31.2. The van der Waals surface area contributed by atoms with Gasteiger partial charge in [-0.1, -0.05) is 43.6 Å². The van der Waals surface area contributed by atoms with E-state index in [1.807, 2.05) is 13.8 Å². The third kappa shape index (κ3) is 4.12. The summed E-state index contributed by atoms with van der Waals surface area (Å²) in [5.41, 5.74) is 2.93. The first-order chi connectivity index (χ1) is 12.3. The Morgan fingerprint density at radius 1 is 1.31 bits per heavy atom. The minimum absolute atomic E-state index is 0.00931. The molecule has 0 heterocycles. The quantitative estimate of drug-likeness (QED) is 0.441. The van der Waals surface area contributed by atoms with Gasteiger partial charge < -0.3 is 15.3 Å². The summed E-state index contributed by atoms with van der Waals surface area (Å²) >= 11 is 0. The zero-order valence-electron chi connectivity index (χ0n) is 16.0. The van der Waals surface area contributed by atoms with Crippen LogP contribution in [0.2, 0.25) is 0 Å². The number of aromatic carboxylic acids is 1. The molecule has 1 aliphatic carbocycles. The van der Waals surface area contributed by atoms with Crippen LogP contribution in [0.15, 0.2) is 29.9 Å². The lowest BCUT2D eigenvalue weighted by Crippen LogP contribution is -2.19. The summed E-state index contributed by atoms with van der Waals surface area (Å²) in [4.78, 5) is 11.8. The predicted molar refractivity (Wildman–Crippen MR) is 104 cm³/mol. The zero-order chi connectivity index (χ0) is 19.4. The number of benzene rings is 1. The zero-order valence-corrected chi connectivity index (χ0v) is 16.0. The van der Waals surface area contributed by atoms with Gasteiger partial charge in [0.15, 0.2) is 0 Å². The van der Waals surface area contributed by atoms with Gasteiger partial charge in [-0.05, 0) is 57.1 Å². The Kier molecular flexibility index (Phi) is 6.52. The normalized spacial score (nSPS) is 19.9. The van der Waals surface area contributed by atoms with Crippen molar-refractivity contribution in [3.05, 3.63) is 46.6 Å². The monoisotopic (exact) mass is 358 g/mol. The van der Waals surface area contributed by atoms with Gasteiger partial charge in [0, 0.05) is 11.5 Å². The fourth-order valence-corrected chi connectivity index (χ4v) is 4.00. The van der Waals surface area contributed by atoms with Gasteiger partial charge in [0.25, 0.3) is 0 Å². The first kappa shape index (κ1) is 20.1. The van der Waals surface area contributed by atoms with Gasteiger partial charge in [-0.3, -0.25) is 0 Å². The van der Waals surface area contributed by atoms with Crippen LogP contribution < -0.4 is 0 Å². The molecule has 0 spiro atoms. The molecular weight excluding hydrogens is 328 g/mol. The largest absolute Gasteiger partial charge is 0.508 e. The van der Waals surface area contributed by atoms with Gasteiger partial charge in [-0.25, -0.2) is 4.79 Å². The van der Waals surface area contributed by atoms with E-state index in [9.17, 15) is 20.1 Å². The predicted octanol–water partition coefficient (Wildman–Crippen LogP) is 5.54. The van der Waals surface area contributed by atoms with Crippen molar-refractivity contribution in [2.45, 2.75) is 65.2 Å². The van der Waals surface area contributed by atoms with Crippen LogP contribution in [-0.4, -0.2) is 21.3 Å². The lowest BCUT2D eigenvalue weighted by atomic mass is 9.72. The molecule has 142 valence electrons. The molecule has 1 aliphatic rings. The van der Waals surface area contributed by atoms with E-state index in [1.54, 1.807) is 0 Å². The van der Waals surface area contributed by atoms with Gasteiger partial charge in [0.1, 0.15) is 17.1 Å². The average Bonchev–Trinajstić information content (AvgIpc) is 2.54.